The van der Waals surface area contributed by atoms with E-state index >= 15 is 0 Å². The molecule has 7 nitrogen and oxygen atoms in total. The van der Waals surface area contributed by atoms with Crippen LogP contribution in [0.25, 0.3) is 0 Å². The lowest BCUT2D eigenvalue weighted by atomic mass is 9.98. The van der Waals surface area contributed by atoms with Gasteiger partial charge in [0.25, 0.3) is 5.91 Å². The first-order valence-electron chi connectivity index (χ1n) is 8.76. The number of aliphatic hydroxyl groups is 2. The molecule has 0 aliphatic carbocycles. The predicted octanol–water partition coefficient (Wildman–Crippen LogP) is 1.64. The van der Waals surface area contributed by atoms with Crippen molar-refractivity contribution >= 4 is 12.0 Å². The Labute approximate surface area is 157 Å². The first-order chi connectivity index (χ1) is 13.0. The van der Waals surface area contributed by atoms with E-state index in [1.54, 1.807) is 18.2 Å². The van der Waals surface area contributed by atoms with Gasteiger partial charge in [0.1, 0.15) is 12.7 Å². The molecule has 2 unspecified atom stereocenters. The number of aliphatic hydroxyl groups excluding tert-OH is 2. The molecule has 0 radical (unpaired) electrons. The average Bonchev–Trinajstić information content (AvgIpc) is 3.06. The zero-order valence-corrected chi connectivity index (χ0v) is 14.7. The monoisotopic (exact) mass is 370 g/mol. The molecule has 2 aromatic carbocycles. The van der Waals surface area contributed by atoms with Crippen LogP contribution >= 0.6 is 0 Å². The van der Waals surface area contributed by atoms with E-state index in [4.69, 9.17) is 4.74 Å². The van der Waals surface area contributed by atoms with Gasteiger partial charge in [-0.2, -0.15) is 0 Å². The topological polar surface area (TPSA) is 108 Å². The van der Waals surface area contributed by atoms with Gasteiger partial charge in [0, 0.05) is 18.7 Å². The lowest BCUT2D eigenvalue weighted by Gasteiger charge is -2.19. The highest BCUT2D eigenvalue weighted by molar-refractivity contribution is 5.98. The Hall–Kier alpha value is -2.90. The van der Waals surface area contributed by atoms with Crippen LogP contribution in [0.2, 0.25) is 0 Å². The number of hydrogen-bond acceptors (Lipinski definition) is 5. The number of ether oxygens (including phenoxy) is 1. The Morgan fingerprint density at radius 2 is 1.96 bits per heavy atom. The van der Waals surface area contributed by atoms with E-state index in [2.05, 4.69) is 10.6 Å². The fraction of sp³-hybridized carbons (Fsp3) is 0.300. The van der Waals surface area contributed by atoms with Crippen LogP contribution in [0.15, 0.2) is 48.5 Å². The van der Waals surface area contributed by atoms with Crippen molar-refractivity contribution in [3.63, 3.8) is 0 Å². The van der Waals surface area contributed by atoms with Crippen molar-refractivity contribution in [1.29, 1.82) is 0 Å². The normalized spacial score (nSPS) is 14.8. The molecule has 1 aliphatic heterocycles. The van der Waals surface area contributed by atoms with Gasteiger partial charge in [-0.15, -0.1) is 0 Å². The summed E-state index contributed by atoms with van der Waals surface area (Å²) in [7, 11) is 0. The number of hydrogen-bond donors (Lipinski definition) is 4. The second kappa shape index (κ2) is 8.66. The molecule has 7 heteroatoms. The van der Waals surface area contributed by atoms with Crippen molar-refractivity contribution in [3.8, 4) is 0 Å². The third kappa shape index (κ3) is 4.84. The van der Waals surface area contributed by atoms with Crippen LogP contribution in [0.5, 0.6) is 0 Å². The van der Waals surface area contributed by atoms with Gasteiger partial charge in [-0.3, -0.25) is 4.79 Å². The molecule has 0 spiro atoms. The predicted molar refractivity (Wildman–Crippen MR) is 97.8 cm³/mol. The molecule has 142 valence electrons. The van der Waals surface area contributed by atoms with Crippen LogP contribution in [0.1, 0.15) is 39.6 Å². The minimum absolute atomic E-state index is 0.134. The van der Waals surface area contributed by atoms with Gasteiger partial charge in [0.2, 0.25) is 0 Å². The van der Waals surface area contributed by atoms with Crippen molar-refractivity contribution in [3.05, 3.63) is 70.8 Å². The molecule has 2 amide bonds. The van der Waals surface area contributed by atoms with Gasteiger partial charge in [-0.25, -0.2) is 4.79 Å². The van der Waals surface area contributed by atoms with Gasteiger partial charge in [0.15, 0.2) is 0 Å². The highest BCUT2D eigenvalue weighted by Crippen LogP contribution is 2.24. The molecule has 3 rings (SSSR count). The summed E-state index contributed by atoms with van der Waals surface area (Å²) >= 11 is 0. The van der Waals surface area contributed by atoms with Crippen molar-refractivity contribution < 1.29 is 24.5 Å². The summed E-state index contributed by atoms with van der Waals surface area (Å²) in [5.74, 6) is -0.134. The zero-order valence-electron chi connectivity index (χ0n) is 14.7. The van der Waals surface area contributed by atoms with Crippen LogP contribution in [0.4, 0.5) is 4.79 Å². The fourth-order valence-corrected chi connectivity index (χ4v) is 2.91. The molecule has 0 saturated heterocycles. The lowest BCUT2D eigenvalue weighted by Crippen LogP contribution is -2.29. The Bertz CT molecular complexity index is 809. The number of benzene rings is 2. The van der Waals surface area contributed by atoms with E-state index in [1.165, 1.54) is 0 Å². The SMILES string of the molecule is O=C(NCCC(O)C(O)c1ccc2c(c1)CNC2=O)OCc1ccccc1. The number of alkyl carbamates (subject to hydrolysis) is 1. The Kier molecular flexibility index (Phi) is 6.05. The van der Waals surface area contributed by atoms with E-state index in [9.17, 15) is 19.8 Å². The molecule has 4 N–H and O–H groups in total. The maximum absolute atomic E-state index is 11.7. The van der Waals surface area contributed by atoms with E-state index in [-0.39, 0.29) is 25.5 Å². The van der Waals surface area contributed by atoms with Gasteiger partial charge in [0.05, 0.1) is 6.10 Å². The second-order valence-electron chi connectivity index (χ2n) is 6.39. The molecule has 0 fully saturated rings. The molecular weight excluding hydrogens is 348 g/mol. The number of nitrogens with one attached hydrogen (secondary N) is 2. The van der Waals surface area contributed by atoms with Crippen molar-refractivity contribution in [1.82, 2.24) is 10.6 Å². The van der Waals surface area contributed by atoms with E-state index < -0.39 is 18.3 Å². The highest BCUT2D eigenvalue weighted by Gasteiger charge is 2.23. The largest absolute Gasteiger partial charge is 0.445 e. The second-order valence-corrected chi connectivity index (χ2v) is 6.39. The maximum Gasteiger partial charge on any atom is 0.407 e. The smallest absolute Gasteiger partial charge is 0.407 e. The standard InChI is InChI=1S/C20H22N2O5/c23-17(8-9-21-20(26)27-12-13-4-2-1-3-5-13)18(24)14-6-7-16-15(10-14)11-22-19(16)25/h1-7,10,17-18,23-24H,8-9,11-12H2,(H,21,26)(H,22,25). The average molecular weight is 370 g/mol. The number of rotatable bonds is 7. The molecule has 0 saturated carbocycles. The number of amides is 2. The Morgan fingerprint density at radius 3 is 2.74 bits per heavy atom. The summed E-state index contributed by atoms with van der Waals surface area (Å²) < 4.78 is 5.08. The molecular formula is C20H22N2O5. The third-order valence-corrected chi connectivity index (χ3v) is 4.44. The van der Waals surface area contributed by atoms with Crippen LogP contribution in [0.3, 0.4) is 0 Å². The van der Waals surface area contributed by atoms with Gasteiger partial charge >= 0.3 is 6.09 Å². The van der Waals surface area contributed by atoms with Gasteiger partial charge < -0.3 is 25.6 Å². The maximum atomic E-state index is 11.7. The van der Waals surface area contributed by atoms with Gasteiger partial charge in [-0.1, -0.05) is 42.5 Å². The minimum atomic E-state index is -1.10. The molecule has 1 heterocycles. The number of fused-ring (bicyclic) bond motifs is 1. The van der Waals surface area contributed by atoms with Crippen LogP contribution in [0, 0.1) is 0 Å². The first-order valence-corrected chi connectivity index (χ1v) is 8.76. The highest BCUT2D eigenvalue weighted by atomic mass is 16.5. The number of carbonyl (C=O) groups is 2. The van der Waals surface area contributed by atoms with Crippen molar-refractivity contribution in [2.75, 3.05) is 6.54 Å². The van der Waals surface area contributed by atoms with Crippen molar-refractivity contribution in [2.45, 2.75) is 31.8 Å². The fourth-order valence-electron chi connectivity index (χ4n) is 2.91. The van der Waals surface area contributed by atoms with E-state index in [1.807, 2.05) is 30.3 Å². The first kappa shape index (κ1) is 18.9. The van der Waals surface area contributed by atoms with E-state index in [0.29, 0.717) is 17.7 Å². The summed E-state index contributed by atoms with van der Waals surface area (Å²) in [6.45, 7) is 0.746. The third-order valence-electron chi connectivity index (χ3n) is 4.44. The summed E-state index contributed by atoms with van der Waals surface area (Å²) in [5.41, 5.74) is 2.80. The van der Waals surface area contributed by atoms with Gasteiger partial charge in [-0.05, 0) is 29.2 Å². The van der Waals surface area contributed by atoms with Crippen molar-refractivity contribution in [2.24, 2.45) is 0 Å². The lowest BCUT2D eigenvalue weighted by molar-refractivity contribution is 0.0136. The molecule has 2 atom stereocenters. The zero-order chi connectivity index (χ0) is 19.2. The Balaban J connectivity index is 1.43. The van der Waals surface area contributed by atoms with Crippen LogP contribution < -0.4 is 10.6 Å². The number of carbonyl (C=O) groups excluding carboxylic acids is 2. The molecule has 0 bridgehead atoms. The van der Waals surface area contributed by atoms with E-state index in [0.717, 1.165) is 11.1 Å². The van der Waals surface area contributed by atoms with Crippen LogP contribution in [-0.2, 0) is 17.9 Å². The quantitative estimate of drug-likeness (QED) is 0.593. The Morgan fingerprint density at radius 1 is 1.19 bits per heavy atom. The summed E-state index contributed by atoms with van der Waals surface area (Å²) in [6.07, 6.45) is -2.58. The minimum Gasteiger partial charge on any atom is -0.445 e. The molecule has 27 heavy (non-hydrogen) atoms. The molecule has 1 aliphatic rings. The molecule has 2 aromatic rings. The summed E-state index contributed by atoms with van der Waals surface area (Å²) in [6, 6.07) is 14.3. The summed E-state index contributed by atoms with van der Waals surface area (Å²) in [4.78, 5) is 23.2. The molecule has 0 aromatic heterocycles. The van der Waals surface area contributed by atoms with Crippen LogP contribution in [-0.4, -0.2) is 34.9 Å². The summed E-state index contributed by atoms with van der Waals surface area (Å²) in [5, 5.41) is 25.7.